The average Bonchev–Trinajstić information content (AvgIpc) is 2.99. The molecule has 0 aliphatic carbocycles. The van der Waals surface area contributed by atoms with Crippen LogP contribution in [-0.4, -0.2) is 39.8 Å². The van der Waals surface area contributed by atoms with E-state index in [-0.39, 0.29) is 11.2 Å². The molecule has 0 bridgehead atoms. The number of benzene rings is 1. The number of nitriles is 1. The number of carbonyl (C=O) groups is 1. The van der Waals surface area contributed by atoms with E-state index in [1.807, 2.05) is 32.0 Å². The zero-order valence-corrected chi connectivity index (χ0v) is 15.1. The fourth-order valence-corrected chi connectivity index (χ4v) is 3.11. The van der Waals surface area contributed by atoms with Crippen molar-refractivity contribution in [2.75, 3.05) is 13.6 Å². The summed E-state index contributed by atoms with van der Waals surface area (Å²) in [5.74, 6) is 0.378. The van der Waals surface area contributed by atoms with E-state index in [0.29, 0.717) is 24.1 Å². The first-order valence-electron chi connectivity index (χ1n) is 7.61. The van der Waals surface area contributed by atoms with E-state index in [1.54, 1.807) is 18.9 Å². The molecule has 126 valence electrons. The summed E-state index contributed by atoms with van der Waals surface area (Å²) < 4.78 is 5.68. The standard InChI is InChI=1S/C17H20N4O2S/c1-11-8-12(2)10-14(9-11)15-19-20-17(23-15)24-13(3)16(22)21(4)7-5-6-18/h8-10,13H,5,7H2,1-4H3/t13-/m1/s1. The van der Waals surface area contributed by atoms with Crippen molar-refractivity contribution >= 4 is 17.7 Å². The number of thioether (sulfide) groups is 1. The zero-order valence-electron chi connectivity index (χ0n) is 14.2. The highest BCUT2D eigenvalue weighted by atomic mass is 32.2. The largest absolute Gasteiger partial charge is 0.411 e. The molecule has 0 radical (unpaired) electrons. The summed E-state index contributed by atoms with van der Waals surface area (Å²) in [5.41, 5.74) is 3.12. The lowest BCUT2D eigenvalue weighted by Gasteiger charge is -2.18. The van der Waals surface area contributed by atoms with Gasteiger partial charge in [0.25, 0.3) is 5.22 Å². The molecule has 1 aromatic heterocycles. The van der Waals surface area contributed by atoms with Crippen molar-refractivity contribution in [3.63, 3.8) is 0 Å². The lowest BCUT2D eigenvalue weighted by Crippen LogP contribution is -2.33. The number of aromatic nitrogens is 2. The zero-order chi connectivity index (χ0) is 17.7. The quantitative estimate of drug-likeness (QED) is 0.748. The molecule has 7 heteroatoms. The van der Waals surface area contributed by atoms with Crippen LogP contribution in [0.5, 0.6) is 0 Å². The van der Waals surface area contributed by atoms with Crippen LogP contribution in [0.3, 0.4) is 0 Å². The Morgan fingerprint density at radius 1 is 1.33 bits per heavy atom. The Bertz CT molecular complexity index is 746. The van der Waals surface area contributed by atoms with E-state index < -0.39 is 0 Å². The van der Waals surface area contributed by atoms with Crippen molar-refractivity contribution in [2.45, 2.75) is 37.7 Å². The highest BCUT2D eigenvalue weighted by Crippen LogP contribution is 2.27. The molecule has 0 aliphatic heterocycles. The minimum Gasteiger partial charge on any atom is -0.411 e. The van der Waals surface area contributed by atoms with Crippen molar-refractivity contribution in [3.8, 4) is 17.5 Å². The average molecular weight is 344 g/mol. The van der Waals surface area contributed by atoms with E-state index in [9.17, 15) is 4.79 Å². The van der Waals surface area contributed by atoms with E-state index >= 15 is 0 Å². The van der Waals surface area contributed by atoms with Gasteiger partial charge < -0.3 is 9.32 Å². The lowest BCUT2D eigenvalue weighted by atomic mass is 10.1. The highest BCUT2D eigenvalue weighted by Gasteiger charge is 2.21. The van der Waals surface area contributed by atoms with Gasteiger partial charge in [0.2, 0.25) is 11.8 Å². The van der Waals surface area contributed by atoms with Crippen LogP contribution in [0.1, 0.15) is 24.5 Å². The van der Waals surface area contributed by atoms with Crippen LogP contribution in [0.2, 0.25) is 0 Å². The number of nitrogens with zero attached hydrogens (tertiary/aromatic N) is 4. The predicted octanol–water partition coefficient (Wildman–Crippen LogP) is 3.21. The van der Waals surface area contributed by atoms with Crippen LogP contribution in [0.25, 0.3) is 11.5 Å². The summed E-state index contributed by atoms with van der Waals surface area (Å²) in [5, 5.41) is 16.7. The van der Waals surface area contributed by atoms with Gasteiger partial charge in [-0.15, -0.1) is 10.2 Å². The second-order valence-electron chi connectivity index (χ2n) is 5.68. The fourth-order valence-electron chi connectivity index (χ4n) is 2.31. The third-order valence-corrected chi connectivity index (χ3v) is 4.36. The first kappa shape index (κ1) is 18.0. The summed E-state index contributed by atoms with van der Waals surface area (Å²) in [6.07, 6.45) is 0.317. The minimum absolute atomic E-state index is 0.0681. The molecule has 1 amide bonds. The molecule has 1 aromatic carbocycles. The number of rotatable bonds is 6. The van der Waals surface area contributed by atoms with E-state index in [1.165, 1.54) is 11.8 Å². The lowest BCUT2D eigenvalue weighted by molar-refractivity contribution is -0.128. The molecule has 0 unspecified atom stereocenters. The van der Waals surface area contributed by atoms with Gasteiger partial charge in [-0.1, -0.05) is 29.0 Å². The second-order valence-corrected chi connectivity index (χ2v) is 6.97. The van der Waals surface area contributed by atoms with E-state index in [0.717, 1.165) is 16.7 Å². The molecule has 0 saturated carbocycles. The molecule has 0 fully saturated rings. The monoisotopic (exact) mass is 344 g/mol. The maximum absolute atomic E-state index is 12.2. The number of hydrogen-bond donors (Lipinski definition) is 0. The normalized spacial score (nSPS) is 11.8. The fraction of sp³-hybridized carbons (Fsp3) is 0.412. The maximum atomic E-state index is 12.2. The van der Waals surface area contributed by atoms with Crippen molar-refractivity contribution in [1.29, 1.82) is 5.26 Å². The first-order chi connectivity index (χ1) is 11.4. The van der Waals surface area contributed by atoms with Crippen LogP contribution in [0, 0.1) is 25.2 Å². The molecule has 24 heavy (non-hydrogen) atoms. The third-order valence-electron chi connectivity index (χ3n) is 3.44. The second kappa shape index (κ2) is 7.97. The van der Waals surface area contributed by atoms with Crippen molar-refractivity contribution in [3.05, 3.63) is 29.3 Å². The number of carbonyl (C=O) groups excluding carboxylic acids is 1. The van der Waals surface area contributed by atoms with Crippen molar-refractivity contribution in [2.24, 2.45) is 0 Å². The number of hydrogen-bond acceptors (Lipinski definition) is 6. The van der Waals surface area contributed by atoms with Gasteiger partial charge >= 0.3 is 0 Å². The molecular weight excluding hydrogens is 324 g/mol. The smallest absolute Gasteiger partial charge is 0.277 e. The van der Waals surface area contributed by atoms with Crippen LogP contribution in [-0.2, 0) is 4.79 Å². The highest BCUT2D eigenvalue weighted by molar-refractivity contribution is 8.00. The predicted molar refractivity (Wildman–Crippen MR) is 92.4 cm³/mol. The van der Waals surface area contributed by atoms with Crippen LogP contribution in [0.4, 0.5) is 0 Å². The van der Waals surface area contributed by atoms with Crippen molar-refractivity contribution < 1.29 is 9.21 Å². The Morgan fingerprint density at radius 2 is 2.00 bits per heavy atom. The van der Waals surface area contributed by atoms with Gasteiger partial charge in [0.05, 0.1) is 17.7 Å². The number of aryl methyl sites for hydroxylation is 2. The summed E-state index contributed by atoms with van der Waals surface area (Å²) >= 11 is 1.22. The molecule has 0 aliphatic rings. The van der Waals surface area contributed by atoms with Crippen LogP contribution >= 0.6 is 11.8 Å². The van der Waals surface area contributed by atoms with E-state index in [2.05, 4.69) is 16.3 Å². The molecule has 0 N–H and O–H groups in total. The van der Waals surface area contributed by atoms with Gasteiger partial charge in [0, 0.05) is 19.2 Å². The Morgan fingerprint density at radius 3 is 2.62 bits per heavy atom. The molecule has 2 aromatic rings. The van der Waals surface area contributed by atoms with Crippen molar-refractivity contribution in [1.82, 2.24) is 15.1 Å². The third kappa shape index (κ3) is 4.59. The molecule has 6 nitrogen and oxygen atoms in total. The van der Waals surface area contributed by atoms with Gasteiger partial charge in [-0.25, -0.2) is 0 Å². The summed E-state index contributed by atoms with van der Waals surface area (Å²) in [6.45, 7) is 6.23. The summed E-state index contributed by atoms with van der Waals surface area (Å²) in [7, 11) is 1.69. The molecule has 0 spiro atoms. The van der Waals surface area contributed by atoms with Crippen LogP contribution < -0.4 is 0 Å². The Hall–Kier alpha value is -2.33. The molecular formula is C17H20N4O2S. The van der Waals surface area contributed by atoms with E-state index in [4.69, 9.17) is 9.68 Å². The van der Waals surface area contributed by atoms with Gasteiger partial charge in [0.15, 0.2) is 0 Å². The Kier molecular flexibility index (Phi) is 5.99. The van der Waals surface area contributed by atoms with Gasteiger partial charge in [0.1, 0.15) is 0 Å². The molecule has 1 atom stereocenters. The topological polar surface area (TPSA) is 83.0 Å². The number of amides is 1. The first-order valence-corrected chi connectivity index (χ1v) is 8.49. The molecule has 1 heterocycles. The minimum atomic E-state index is -0.360. The Labute approximate surface area is 145 Å². The van der Waals surface area contributed by atoms with Gasteiger partial charge in [-0.2, -0.15) is 5.26 Å². The van der Waals surface area contributed by atoms with Gasteiger partial charge in [-0.05, 0) is 32.9 Å². The molecule has 0 saturated heterocycles. The Balaban J connectivity index is 2.05. The molecule has 2 rings (SSSR count). The summed E-state index contributed by atoms with van der Waals surface area (Å²) in [4.78, 5) is 13.8. The SMILES string of the molecule is Cc1cc(C)cc(-c2nnc(S[C@H](C)C(=O)N(C)CCC#N)o2)c1. The van der Waals surface area contributed by atoms with Crippen LogP contribution in [0.15, 0.2) is 27.8 Å². The maximum Gasteiger partial charge on any atom is 0.277 e. The summed E-state index contributed by atoms with van der Waals surface area (Å²) in [6, 6.07) is 8.08. The van der Waals surface area contributed by atoms with Gasteiger partial charge in [-0.3, -0.25) is 4.79 Å².